The van der Waals surface area contributed by atoms with Gasteiger partial charge in [-0.05, 0) is 38.0 Å². The van der Waals surface area contributed by atoms with Crippen molar-refractivity contribution in [2.24, 2.45) is 7.05 Å². The summed E-state index contributed by atoms with van der Waals surface area (Å²) in [6.45, 7) is 6.17. The van der Waals surface area contributed by atoms with Crippen LogP contribution in [0.4, 0.5) is 11.8 Å². The minimum Gasteiger partial charge on any atom is -0.454 e. The van der Waals surface area contributed by atoms with Crippen LogP contribution in [0.25, 0.3) is 21.8 Å². The standard InChI is InChI=1S/C28H30N6O5.ClH/c1-17-3-4-22-20(13-17)26(35)34(28(36)31(22)2)18-5-7-32(8-6-18)25-19-14-23-24(39-16-38-23)15-21(19)29-27(30-25)33-9-11-37-12-10-33;/h3-4,13-15,18H,5-12,16H2,1-2H3;1H. The second-order valence-corrected chi connectivity index (χ2v) is 10.4. The number of fused-ring (bicyclic) bond motifs is 3. The minimum absolute atomic E-state index is 0. The van der Waals surface area contributed by atoms with Crippen LogP contribution in [0.3, 0.4) is 0 Å². The van der Waals surface area contributed by atoms with Gasteiger partial charge >= 0.3 is 5.69 Å². The SMILES string of the molecule is Cc1ccc2c(c1)c(=O)n(C1CCN(c3nc(N4CCOCC4)nc4cc5c(cc34)OCO5)CC1)c(=O)n2C.Cl. The van der Waals surface area contributed by atoms with Gasteiger partial charge in [0, 0.05) is 50.7 Å². The summed E-state index contributed by atoms with van der Waals surface area (Å²) in [6, 6.07) is 9.32. The number of halogens is 1. The largest absolute Gasteiger partial charge is 0.454 e. The average molecular weight is 567 g/mol. The van der Waals surface area contributed by atoms with Gasteiger partial charge in [-0.25, -0.2) is 9.78 Å². The number of rotatable bonds is 3. The molecule has 11 nitrogen and oxygen atoms in total. The molecule has 3 aliphatic rings. The van der Waals surface area contributed by atoms with Crippen molar-refractivity contribution in [1.82, 2.24) is 19.1 Å². The highest BCUT2D eigenvalue weighted by Crippen LogP contribution is 2.40. The lowest BCUT2D eigenvalue weighted by molar-refractivity contribution is 0.122. The molecular formula is C28H31ClN6O5. The molecule has 3 aliphatic heterocycles. The molecule has 210 valence electrons. The number of anilines is 2. The summed E-state index contributed by atoms with van der Waals surface area (Å²) in [4.78, 5) is 41.0. The molecule has 0 radical (unpaired) electrons. The van der Waals surface area contributed by atoms with Gasteiger partial charge in [0.1, 0.15) is 5.82 Å². The number of aromatic nitrogens is 4. The van der Waals surface area contributed by atoms with E-state index in [2.05, 4.69) is 9.80 Å². The van der Waals surface area contributed by atoms with Gasteiger partial charge < -0.3 is 24.0 Å². The molecule has 2 aromatic heterocycles. The third-order valence-corrected chi connectivity index (χ3v) is 8.04. The maximum absolute atomic E-state index is 13.5. The Kier molecular flexibility index (Phi) is 6.79. The van der Waals surface area contributed by atoms with Crippen molar-refractivity contribution < 1.29 is 14.2 Å². The maximum Gasteiger partial charge on any atom is 0.331 e. The summed E-state index contributed by atoms with van der Waals surface area (Å²) >= 11 is 0. The maximum atomic E-state index is 13.5. The van der Waals surface area contributed by atoms with Crippen LogP contribution in [-0.2, 0) is 11.8 Å². The van der Waals surface area contributed by atoms with Crippen LogP contribution < -0.4 is 30.5 Å². The lowest BCUT2D eigenvalue weighted by atomic mass is 10.0. The van der Waals surface area contributed by atoms with Crippen LogP contribution in [0, 0.1) is 6.92 Å². The second-order valence-electron chi connectivity index (χ2n) is 10.4. The Bertz CT molecular complexity index is 1720. The zero-order chi connectivity index (χ0) is 26.7. The predicted octanol–water partition coefficient (Wildman–Crippen LogP) is 2.78. The lowest BCUT2D eigenvalue weighted by Gasteiger charge is -2.35. The summed E-state index contributed by atoms with van der Waals surface area (Å²) in [5.41, 5.74) is 1.95. The Morgan fingerprint density at radius 3 is 2.35 bits per heavy atom. The second kappa shape index (κ2) is 10.3. The fourth-order valence-electron chi connectivity index (χ4n) is 5.89. The van der Waals surface area contributed by atoms with E-state index in [9.17, 15) is 9.59 Å². The normalized spacial score (nSPS) is 17.4. The molecule has 2 fully saturated rings. The zero-order valence-electron chi connectivity index (χ0n) is 22.5. The fourth-order valence-corrected chi connectivity index (χ4v) is 5.89. The van der Waals surface area contributed by atoms with Crippen LogP contribution in [0.1, 0.15) is 24.4 Å². The highest BCUT2D eigenvalue weighted by atomic mass is 35.5. The molecule has 4 aromatic rings. The number of nitrogens with zero attached hydrogens (tertiary/aromatic N) is 6. The van der Waals surface area contributed by atoms with Gasteiger partial charge in [0.25, 0.3) is 5.56 Å². The Labute approximate surface area is 236 Å². The molecule has 2 aromatic carbocycles. The molecule has 0 bridgehead atoms. The summed E-state index contributed by atoms with van der Waals surface area (Å²) in [5.74, 6) is 2.85. The molecule has 0 spiro atoms. The lowest BCUT2D eigenvalue weighted by Crippen LogP contribution is -2.45. The fraction of sp³-hybridized carbons (Fsp3) is 0.429. The molecule has 7 rings (SSSR count). The molecule has 0 unspecified atom stereocenters. The molecule has 0 aliphatic carbocycles. The number of hydrogen-bond acceptors (Lipinski definition) is 9. The van der Waals surface area contributed by atoms with Crippen molar-refractivity contribution in [3.8, 4) is 11.5 Å². The summed E-state index contributed by atoms with van der Waals surface area (Å²) in [7, 11) is 1.73. The van der Waals surface area contributed by atoms with Gasteiger partial charge in [0.05, 0.1) is 29.6 Å². The van der Waals surface area contributed by atoms with E-state index in [1.54, 1.807) is 11.6 Å². The Hall–Kier alpha value is -3.83. The number of ether oxygens (including phenoxy) is 3. The molecule has 40 heavy (non-hydrogen) atoms. The van der Waals surface area contributed by atoms with Crippen LogP contribution >= 0.6 is 12.4 Å². The molecule has 0 amide bonds. The van der Waals surface area contributed by atoms with Crippen LogP contribution in [0.15, 0.2) is 39.9 Å². The van der Waals surface area contributed by atoms with Crippen LogP contribution in [-0.4, -0.2) is 65.3 Å². The molecule has 5 heterocycles. The van der Waals surface area contributed by atoms with Gasteiger partial charge in [-0.2, -0.15) is 4.98 Å². The first-order valence-electron chi connectivity index (χ1n) is 13.4. The Morgan fingerprint density at radius 1 is 0.875 bits per heavy atom. The highest BCUT2D eigenvalue weighted by molar-refractivity contribution is 5.93. The van der Waals surface area contributed by atoms with Gasteiger partial charge in [-0.1, -0.05) is 11.6 Å². The smallest absolute Gasteiger partial charge is 0.331 e. The quantitative estimate of drug-likeness (QED) is 0.370. The van der Waals surface area contributed by atoms with Crippen molar-refractivity contribution in [1.29, 1.82) is 0 Å². The van der Waals surface area contributed by atoms with E-state index in [4.69, 9.17) is 24.2 Å². The Balaban J connectivity index is 0.00000289. The third kappa shape index (κ3) is 4.33. The predicted molar refractivity (Wildman–Crippen MR) is 155 cm³/mol. The van der Waals surface area contributed by atoms with Gasteiger partial charge in [-0.15, -0.1) is 12.4 Å². The number of benzene rings is 2. The van der Waals surface area contributed by atoms with Gasteiger partial charge in [0.2, 0.25) is 12.7 Å². The average Bonchev–Trinajstić information content (AvgIpc) is 3.42. The number of hydrogen-bond donors (Lipinski definition) is 0. The van der Waals surface area contributed by atoms with Gasteiger partial charge in [0.15, 0.2) is 11.5 Å². The molecule has 0 saturated carbocycles. The van der Waals surface area contributed by atoms with Crippen molar-refractivity contribution >= 4 is 46.0 Å². The summed E-state index contributed by atoms with van der Waals surface area (Å²) < 4.78 is 19.8. The van der Waals surface area contributed by atoms with E-state index in [1.807, 2.05) is 37.3 Å². The Morgan fingerprint density at radius 2 is 1.60 bits per heavy atom. The first kappa shape index (κ1) is 26.4. The van der Waals surface area contributed by atoms with Crippen molar-refractivity contribution in [3.63, 3.8) is 0 Å². The molecule has 0 atom stereocenters. The van der Waals surface area contributed by atoms with E-state index >= 15 is 0 Å². The topological polar surface area (TPSA) is 104 Å². The van der Waals surface area contributed by atoms with Crippen LogP contribution in [0.5, 0.6) is 11.5 Å². The van der Waals surface area contributed by atoms with E-state index in [0.717, 1.165) is 35.4 Å². The molecule has 0 N–H and O–H groups in total. The van der Waals surface area contributed by atoms with E-state index in [1.165, 1.54) is 4.57 Å². The molecule has 12 heteroatoms. The van der Waals surface area contributed by atoms with Crippen molar-refractivity contribution in [2.75, 3.05) is 56.0 Å². The van der Waals surface area contributed by atoms with E-state index < -0.39 is 0 Å². The van der Waals surface area contributed by atoms with E-state index in [0.29, 0.717) is 67.5 Å². The first-order chi connectivity index (χ1) is 19.0. The minimum atomic E-state index is -0.274. The third-order valence-electron chi connectivity index (χ3n) is 8.04. The molecule has 2 saturated heterocycles. The van der Waals surface area contributed by atoms with Gasteiger partial charge in [-0.3, -0.25) is 13.9 Å². The monoisotopic (exact) mass is 566 g/mol. The molecular weight excluding hydrogens is 536 g/mol. The highest BCUT2D eigenvalue weighted by Gasteiger charge is 2.28. The van der Waals surface area contributed by atoms with Crippen LogP contribution in [0.2, 0.25) is 0 Å². The first-order valence-corrected chi connectivity index (χ1v) is 13.4. The summed E-state index contributed by atoms with van der Waals surface area (Å²) in [5, 5.41) is 1.47. The zero-order valence-corrected chi connectivity index (χ0v) is 23.3. The number of piperidine rings is 1. The number of aryl methyl sites for hydroxylation is 2. The van der Waals surface area contributed by atoms with E-state index in [-0.39, 0.29) is 36.5 Å². The van der Waals surface area contributed by atoms with Crippen molar-refractivity contribution in [2.45, 2.75) is 25.8 Å². The number of morpholine rings is 1. The summed E-state index contributed by atoms with van der Waals surface area (Å²) in [6.07, 6.45) is 1.30. The van der Waals surface area contributed by atoms with Crippen molar-refractivity contribution in [3.05, 3.63) is 56.7 Å².